The van der Waals surface area contributed by atoms with Gasteiger partial charge in [0.05, 0.1) is 21.9 Å². The number of nitro groups is 1. The van der Waals surface area contributed by atoms with Crippen LogP contribution in [-0.4, -0.2) is 34.0 Å². The molecule has 2 aliphatic rings. The van der Waals surface area contributed by atoms with E-state index in [1.807, 2.05) is 24.3 Å². The number of benzene rings is 1. The monoisotopic (exact) mass is 349 g/mol. The highest BCUT2D eigenvalue weighted by atomic mass is 35.5. The van der Waals surface area contributed by atoms with Crippen LogP contribution in [0.3, 0.4) is 0 Å². The number of thioether (sulfide) groups is 1. The van der Waals surface area contributed by atoms with Crippen LogP contribution in [0.15, 0.2) is 52.4 Å². The number of nitrogens with zero attached hydrogens (tertiary/aromatic N) is 3. The summed E-state index contributed by atoms with van der Waals surface area (Å²) >= 11 is 7.33. The minimum Gasteiger partial charge on any atom is -0.294 e. The van der Waals surface area contributed by atoms with Gasteiger partial charge >= 0.3 is 0 Å². The zero-order valence-electron chi connectivity index (χ0n) is 12.0. The Hall–Kier alpha value is -2.12. The Morgan fingerprint density at radius 1 is 1.35 bits per heavy atom. The van der Waals surface area contributed by atoms with Crippen LogP contribution in [0.1, 0.15) is 0 Å². The van der Waals surface area contributed by atoms with Crippen molar-refractivity contribution in [2.75, 3.05) is 7.05 Å². The molecule has 0 spiro atoms. The van der Waals surface area contributed by atoms with Crippen molar-refractivity contribution in [2.24, 2.45) is 10.9 Å². The summed E-state index contributed by atoms with van der Waals surface area (Å²) in [7, 11) is 1.66. The zero-order valence-corrected chi connectivity index (χ0v) is 13.6. The summed E-state index contributed by atoms with van der Waals surface area (Å²) in [6, 6.07) is 4.02. The van der Waals surface area contributed by atoms with Crippen molar-refractivity contribution >= 4 is 40.1 Å². The number of carbonyl (C=O) groups is 1. The van der Waals surface area contributed by atoms with Crippen molar-refractivity contribution in [1.82, 2.24) is 4.90 Å². The maximum Gasteiger partial charge on any atom is 0.270 e. The van der Waals surface area contributed by atoms with E-state index in [0.29, 0.717) is 10.1 Å². The lowest BCUT2D eigenvalue weighted by Gasteiger charge is -2.32. The molecule has 8 heteroatoms. The zero-order chi connectivity index (χ0) is 16.6. The number of halogens is 1. The van der Waals surface area contributed by atoms with Gasteiger partial charge in [0, 0.05) is 24.1 Å². The van der Waals surface area contributed by atoms with Crippen molar-refractivity contribution in [2.45, 2.75) is 10.9 Å². The molecule has 1 aromatic carbocycles. The summed E-state index contributed by atoms with van der Waals surface area (Å²) in [5.41, 5.74) is -0.0743. The normalized spacial score (nSPS) is 22.8. The van der Waals surface area contributed by atoms with Crippen LogP contribution in [0.2, 0.25) is 5.02 Å². The van der Waals surface area contributed by atoms with E-state index >= 15 is 0 Å². The Morgan fingerprint density at radius 2 is 2.09 bits per heavy atom. The molecule has 23 heavy (non-hydrogen) atoms. The first-order valence-corrected chi connectivity index (χ1v) is 7.99. The van der Waals surface area contributed by atoms with Gasteiger partial charge in [-0.25, -0.2) is 0 Å². The van der Waals surface area contributed by atoms with E-state index in [2.05, 4.69) is 4.99 Å². The average molecular weight is 350 g/mol. The van der Waals surface area contributed by atoms with Crippen LogP contribution in [0.25, 0.3) is 0 Å². The van der Waals surface area contributed by atoms with Gasteiger partial charge in [-0.15, -0.1) is 0 Å². The first-order valence-electron chi connectivity index (χ1n) is 6.79. The molecular weight excluding hydrogens is 338 g/mol. The largest absolute Gasteiger partial charge is 0.294 e. The van der Waals surface area contributed by atoms with Gasteiger partial charge < -0.3 is 0 Å². The summed E-state index contributed by atoms with van der Waals surface area (Å²) < 4.78 is 0. The fourth-order valence-electron chi connectivity index (χ4n) is 2.36. The molecule has 1 aliphatic heterocycles. The molecule has 1 aliphatic carbocycles. The lowest BCUT2D eigenvalue weighted by Crippen LogP contribution is -2.45. The van der Waals surface area contributed by atoms with Gasteiger partial charge in [0.15, 0.2) is 5.17 Å². The van der Waals surface area contributed by atoms with E-state index in [1.54, 1.807) is 13.1 Å². The maximum absolute atomic E-state index is 12.4. The average Bonchev–Trinajstić information content (AvgIpc) is 2.54. The molecule has 0 fully saturated rings. The van der Waals surface area contributed by atoms with E-state index in [-0.39, 0.29) is 28.6 Å². The number of allylic oxidation sites excluding steroid dienone is 2. The second-order valence-corrected chi connectivity index (χ2v) is 6.49. The highest BCUT2D eigenvalue weighted by Crippen LogP contribution is 2.35. The summed E-state index contributed by atoms with van der Waals surface area (Å²) in [6.07, 6.45) is 7.43. The minimum atomic E-state index is -0.502. The Kier molecular flexibility index (Phi) is 4.23. The summed E-state index contributed by atoms with van der Waals surface area (Å²) in [6.45, 7) is 0. The number of amidine groups is 1. The van der Waals surface area contributed by atoms with Gasteiger partial charge in [0.2, 0.25) is 5.91 Å². The number of non-ortho nitro benzene ring substituents is 1. The number of amides is 1. The second kappa shape index (κ2) is 6.17. The van der Waals surface area contributed by atoms with Crippen LogP contribution in [0.5, 0.6) is 0 Å². The second-order valence-electron chi connectivity index (χ2n) is 5.07. The standard InChI is InChI=1S/C15H12ClN3O3S/c1-18-14(20)10-4-2-3-5-12(10)17-15(18)23-13-7-6-9(19(21)22)8-11(13)16/h2-8,10,12H,1H3/t10-,12+/m1/s1. The Bertz CT molecular complexity index is 775. The summed E-state index contributed by atoms with van der Waals surface area (Å²) in [5, 5.41) is 11.5. The van der Waals surface area contributed by atoms with Crippen molar-refractivity contribution in [1.29, 1.82) is 0 Å². The molecule has 1 heterocycles. The van der Waals surface area contributed by atoms with Crippen molar-refractivity contribution in [3.05, 3.63) is 57.6 Å². The highest BCUT2D eigenvalue weighted by Gasteiger charge is 2.35. The lowest BCUT2D eigenvalue weighted by molar-refractivity contribution is -0.384. The van der Waals surface area contributed by atoms with Crippen molar-refractivity contribution in [3.63, 3.8) is 0 Å². The fraction of sp³-hybridized carbons (Fsp3) is 0.200. The van der Waals surface area contributed by atoms with Crippen LogP contribution >= 0.6 is 23.4 Å². The van der Waals surface area contributed by atoms with E-state index in [9.17, 15) is 14.9 Å². The molecule has 0 unspecified atom stereocenters. The van der Waals surface area contributed by atoms with Gasteiger partial charge in [-0.05, 0) is 6.07 Å². The first-order chi connectivity index (χ1) is 11.0. The Labute approximate surface area is 141 Å². The molecule has 1 amide bonds. The molecule has 0 saturated heterocycles. The third-order valence-electron chi connectivity index (χ3n) is 3.60. The molecule has 0 aromatic heterocycles. The molecule has 118 valence electrons. The SMILES string of the molecule is CN1C(=O)[C@@H]2C=CC=C[C@@H]2N=C1Sc1ccc([N+](=O)[O-])cc1Cl. The van der Waals surface area contributed by atoms with Crippen LogP contribution < -0.4 is 0 Å². The number of carbonyl (C=O) groups excluding carboxylic acids is 1. The summed E-state index contributed by atoms with van der Waals surface area (Å²) in [5.74, 6) is -0.312. The predicted octanol–water partition coefficient (Wildman–Crippen LogP) is 3.28. The molecule has 0 bridgehead atoms. The molecular formula is C15H12ClN3O3S. The van der Waals surface area contributed by atoms with E-state index in [4.69, 9.17) is 11.6 Å². The quantitative estimate of drug-likeness (QED) is 0.606. The molecule has 3 rings (SSSR count). The third kappa shape index (κ3) is 3.02. The minimum absolute atomic E-state index is 0.0360. The lowest BCUT2D eigenvalue weighted by atomic mass is 9.93. The number of hydrogen-bond donors (Lipinski definition) is 0. The molecule has 0 saturated carbocycles. The number of nitro benzene ring substituents is 1. The summed E-state index contributed by atoms with van der Waals surface area (Å²) in [4.78, 5) is 29.4. The van der Waals surface area contributed by atoms with Gasteiger partial charge in [0.1, 0.15) is 0 Å². The van der Waals surface area contributed by atoms with E-state index < -0.39 is 4.92 Å². The fourth-order valence-corrected chi connectivity index (χ4v) is 3.54. The molecule has 6 nitrogen and oxygen atoms in total. The van der Waals surface area contributed by atoms with Crippen LogP contribution in [-0.2, 0) is 4.79 Å². The molecule has 1 aromatic rings. The topological polar surface area (TPSA) is 75.8 Å². The van der Waals surface area contributed by atoms with Gasteiger partial charge in [-0.2, -0.15) is 0 Å². The molecule has 2 atom stereocenters. The van der Waals surface area contributed by atoms with Crippen molar-refractivity contribution < 1.29 is 9.72 Å². The maximum atomic E-state index is 12.4. The number of fused-ring (bicyclic) bond motifs is 1. The van der Waals surface area contributed by atoms with Gasteiger partial charge in [0.25, 0.3) is 5.69 Å². The Morgan fingerprint density at radius 3 is 2.78 bits per heavy atom. The van der Waals surface area contributed by atoms with E-state index in [0.717, 1.165) is 0 Å². The number of rotatable bonds is 2. The molecule has 0 N–H and O–H groups in total. The van der Waals surface area contributed by atoms with Crippen molar-refractivity contribution in [3.8, 4) is 0 Å². The smallest absolute Gasteiger partial charge is 0.270 e. The third-order valence-corrected chi connectivity index (χ3v) is 5.16. The van der Waals surface area contributed by atoms with Gasteiger partial charge in [-0.3, -0.25) is 24.8 Å². The van der Waals surface area contributed by atoms with Gasteiger partial charge in [-0.1, -0.05) is 47.7 Å². The van der Waals surface area contributed by atoms with Crippen LogP contribution in [0.4, 0.5) is 5.69 Å². The van der Waals surface area contributed by atoms with E-state index in [1.165, 1.54) is 28.8 Å². The number of aliphatic imine (C=N–C) groups is 1. The number of hydrogen-bond acceptors (Lipinski definition) is 5. The first kappa shape index (κ1) is 15.8. The van der Waals surface area contributed by atoms with Crippen LogP contribution in [0, 0.1) is 16.0 Å². The Balaban J connectivity index is 1.89. The highest BCUT2D eigenvalue weighted by molar-refractivity contribution is 8.14. The molecule has 0 radical (unpaired) electrons. The predicted molar refractivity (Wildman–Crippen MR) is 89.7 cm³/mol.